The van der Waals surface area contributed by atoms with Crippen molar-refractivity contribution in [1.82, 2.24) is 4.90 Å². The van der Waals surface area contributed by atoms with Crippen LogP contribution in [0.5, 0.6) is 0 Å². The molecule has 0 aliphatic carbocycles. The van der Waals surface area contributed by atoms with Crippen molar-refractivity contribution in [2.75, 3.05) is 13.1 Å². The minimum atomic E-state index is -0.717. The number of carbonyl (C=O) groups is 1. The normalized spacial score (nSPS) is 10.9. The highest BCUT2D eigenvalue weighted by Gasteiger charge is 2.09. The molecule has 0 unspecified atom stereocenters. The van der Waals surface area contributed by atoms with Crippen LogP contribution in [0.25, 0.3) is 0 Å². The SMILES string of the molecule is CCCCCN(CCC(=O)O)Cc1ccccc1C. The first-order chi connectivity index (χ1) is 9.13. The standard InChI is InChI=1S/C16H25NO2/c1-3-4-7-11-17(12-10-16(18)19)13-15-9-6-5-8-14(15)2/h5-6,8-9H,3-4,7,10-13H2,1-2H3,(H,18,19). The van der Waals surface area contributed by atoms with E-state index < -0.39 is 5.97 Å². The van der Waals surface area contributed by atoms with Crippen molar-refractivity contribution in [1.29, 1.82) is 0 Å². The molecule has 0 bridgehead atoms. The molecule has 0 atom stereocenters. The molecule has 0 heterocycles. The van der Waals surface area contributed by atoms with Gasteiger partial charge in [0.1, 0.15) is 0 Å². The number of aryl methyl sites for hydroxylation is 1. The second-order valence-corrected chi connectivity index (χ2v) is 5.05. The molecule has 0 fully saturated rings. The summed E-state index contributed by atoms with van der Waals surface area (Å²) in [6.45, 7) is 6.76. The number of hydrogen-bond donors (Lipinski definition) is 1. The van der Waals surface area contributed by atoms with Crippen LogP contribution in [0.1, 0.15) is 43.7 Å². The number of carboxylic acid groups (broad SMARTS) is 1. The second kappa shape index (κ2) is 8.70. The van der Waals surface area contributed by atoms with E-state index in [1.54, 1.807) is 0 Å². The van der Waals surface area contributed by atoms with E-state index in [2.05, 4.69) is 30.9 Å². The van der Waals surface area contributed by atoms with Gasteiger partial charge in [-0.2, -0.15) is 0 Å². The van der Waals surface area contributed by atoms with Gasteiger partial charge < -0.3 is 5.11 Å². The molecule has 1 N–H and O–H groups in total. The van der Waals surface area contributed by atoms with Gasteiger partial charge in [-0.3, -0.25) is 9.69 Å². The molecule has 0 amide bonds. The topological polar surface area (TPSA) is 40.5 Å². The minimum absolute atomic E-state index is 0.220. The zero-order valence-corrected chi connectivity index (χ0v) is 12.1. The lowest BCUT2D eigenvalue weighted by atomic mass is 10.1. The van der Waals surface area contributed by atoms with Gasteiger partial charge in [0, 0.05) is 13.1 Å². The summed E-state index contributed by atoms with van der Waals surface area (Å²) in [5.41, 5.74) is 2.57. The third-order valence-electron chi connectivity index (χ3n) is 3.37. The highest BCUT2D eigenvalue weighted by atomic mass is 16.4. The molecule has 19 heavy (non-hydrogen) atoms. The Balaban J connectivity index is 2.56. The van der Waals surface area contributed by atoms with E-state index in [1.807, 2.05) is 12.1 Å². The van der Waals surface area contributed by atoms with Crippen molar-refractivity contribution in [3.63, 3.8) is 0 Å². The average molecular weight is 263 g/mol. The summed E-state index contributed by atoms with van der Waals surface area (Å²) in [4.78, 5) is 13.0. The number of benzene rings is 1. The maximum absolute atomic E-state index is 10.7. The van der Waals surface area contributed by atoms with Gasteiger partial charge in [0.25, 0.3) is 0 Å². The summed E-state index contributed by atoms with van der Waals surface area (Å²) in [6.07, 6.45) is 3.76. The van der Waals surface area contributed by atoms with Crippen LogP contribution in [0, 0.1) is 6.92 Å². The van der Waals surface area contributed by atoms with E-state index in [-0.39, 0.29) is 6.42 Å². The number of unbranched alkanes of at least 4 members (excludes halogenated alkanes) is 2. The maximum Gasteiger partial charge on any atom is 0.304 e. The Morgan fingerprint density at radius 2 is 1.95 bits per heavy atom. The van der Waals surface area contributed by atoms with E-state index in [0.717, 1.165) is 19.5 Å². The highest BCUT2D eigenvalue weighted by Crippen LogP contribution is 2.12. The fraction of sp³-hybridized carbons (Fsp3) is 0.562. The van der Waals surface area contributed by atoms with Crippen LogP contribution in [0.4, 0.5) is 0 Å². The van der Waals surface area contributed by atoms with Gasteiger partial charge in [0.2, 0.25) is 0 Å². The summed E-state index contributed by atoms with van der Waals surface area (Å²) in [7, 11) is 0. The Morgan fingerprint density at radius 3 is 2.58 bits per heavy atom. The summed E-state index contributed by atoms with van der Waals surface area (Å²) in [6, 6.07) is 8.32. The largest absolute Gasteiger partial charge is 0.481 e. The molecular formula is C16H25NO2. The van der Waals surface area contributed by atoms with Gasteiger partial charge in [-0.1, -0.05) is 44.0 Å². The van der Waals surface area contributed by atoms with Gasteiger partial charge in [-0.05, 0) is 31.0 Å². The quantitative estimate of drug-likeness (QED) is 0.694. The molecule has 1 rings (SSSR count). The fourth-order valence-corrected chi connectivity index (χ4v) is 2.14. The highest BCUT2D eigenvalue weighted by molar-refractivity contribution is 5.66. The van der Waals surface area contributed by atoms with E-state index >= 15 is 0 Å². The van der Waals surface area contributed by atoms with Crippen molar-refractivity contribution in [3.8, 4) is 0 Å². The number of aliphatic carboxylic acids is 1. The van der Waals surface area contributed by atoms with Crippen molar-refractivity contribution in [3.05, 3.63) is 35.4 Å². The monoisotopic (exact) mass is 263 g/mol. The Hall–Kier alpha value is -1.35. The average Bonchev–Trinajstić information content (AvgIpc) is 2.38. The Bertz CT molecular complexity index is 390. The van der Waals surface area contributed by atoms with Crippen LogP contribution in [-0.2, 0) is 11.3 Å². The first kappa shape index (κ1) is 15.7. The second-order valence-electron chi connectivity index (χ2n) is 5.05. The molecule has 3 nitrogen and oxygen atoms in total. The molecule has 0 saturated heterocycles. The van der Waals surface area contributed by atoms with E-state index in [1.165, 1.54) is 24.0 Å². The molecule has 1 aromatic carbocycles. The molecule has 0 saturated carbocycles. The first-order valence-corrected chi connectivity index (χ1v) is 7.12. The van der Waals surface area contributed by atoms with E-state index in [0.29, 0.717) is 6.54 Å². The van der Waals surface area contributed by atoms with Crippen LogP contribution in [0.15, 0.2) is 24.3 Å². The predicted molar refractivity (Wildman–Crippen MR) is 78.2 cm³/mol. The van der Waals surface area contributed by atoms with Crippen LogP contribution < -0.4 is 0 Å². The van der Waals surface area contributed by atoms with Gasteiger partial charge >= 0.3 is 5.97 Å². The molecular weight excluding hydrogens is 238 g/mol. The van der Waals surface area contributed by atoms with Gasteiger partial charge in [0.15, 0.2) is 0 Å². The van der Waals surface area contributed by atoms with Crippen LogP contribution in [0.3, 0.4) is 0 Å². The lowest BCUT2D eigenvalue weighted by molar-refractivity contribution is -0.137. The lowest BCUT2D eigenvalue weighted by Gasteiger charge is -2.22. The van der Waals surface area contributed by atoms with Crippen molar-refractivity contribution < 1.29 is 9.90 Å². The molecule has 3 heteroatoms. The summed E-state index contributed by atoms with van der Waals surface area (Å²) in [5.74, 6) is -0.717. The third kappa shape index (κ3) is 6.39. The molecule has 0 aliphatic heterocycles. The zero-order chi connectivity index (χ0) is 14.1. The summed E-state index contributed by atoms with van der Waals surface area (Å²) < 4.78 is 0. The Kier molecular flexibility index (Phi) is 7.19. The molecule has 0 aromatic heterocycles. The maximum atomic E-state index is 10.7. The molecule has 0 spiro atoms. The first-order valence-electron chi connectivity index (χ1n) is 7.12. The van der Waals surface area contributed by atoms with Crippen LogP contribution >= 0.6 is 0 Å². The summed E-state index contributed by atoms with van der Waals surface area (Å²) >= 11 is 0. The van der Waals surface area contributed by atoms with Crippen LogP contribution in [-0.4, -0.2) is 29.1 Å². The predicted octanol–water partition coefficient (Wildman–Crippen LogP) is 3.46. The van der Waals surface area contributed by atoms with Gasteiger partial charge in [-0.15, -0.1) is 0 Å². The Labute approximate surface area is 116 Å². The van der Waals surface area contributed by atoms with Crippen LogP contribution in [0.2, 0.25) is 0 Å². The van der Waals surface area contributed by atoms with E-state index in [9.17, 15) is 4.79 Å². The molecule has 0 radical (unpaired) electrons. The number of rotatable bonds is 9. The molecule has 1 aromatic rings. The fourth-order valence-electron chi connectivity index (χ4n) is 2.14. The van der Waals surface area contributed by atoms with Crippen molar-refractivity contribution in [2.45, 2.75) is 46.1 Å². The molecule has 106 valence electrons. The van der Waals surface area contributed by atoms with Crippen molar-refractivity contribution >= 4 is 5.97 Å². The smallest absolute Gasteiger partial charge is 0.304 e. The third-order valence-corrected chi connectivity index (χ3v) is 3.37. The molecule has 0 aliphatic rings. The van der Waals surface area contributed by atoms with Gasteiger partial charge in [-0.25, -0.2) is 0 Å². The zero-order valence-electron chi connectivity index (χ0n) is 12.1. The van der Waals surface area contributed by atoms with E-state index in [4.69, 9.17) is 5.11 Å². The lowest BCUT2D eigenvalue weighted by Crippen LogP contribution is -2.27. The Morgan fingerprint density at radius 1 is 1.21 bits per heavy atom. The minimum Gasteiger partial charge on any atom is -0.481 e. The van der Waals surface area contributed by atoms with Crippen molar-refractivity contribution in [2.24, 2.45) is 0 Å². The number of carboxylic acids is 1. The summed E-state index contributed by atoms with van der Waals surface area (Å²) in [5, 5.41) is 8.83. The number of nitrogens with zero attached hydrogens (tertiary/aromatic N) is 1. The van der Waals surface area contributed by atoms with Gasteiger partial charge in [0.05, 0.1) is 6.42 Å². The number of hydrogen-bond acceptors (Lipinski definition) is 2.